The molecule has 1 fully saturated rings. The molecule has 1 aliphatic carbocycles. The van der Waals surface area contributed by atoms with E-state index in [1.54, 1.807) is 19.2 Å². The molecule has 1 saturated carbocycles. The molecule has 0 saturated heterocycles. The van der Waals surface area contributed by atoms with Gasteiger partial charge in [-0.1, -0.05) is 0 Å². The number of aryl methyl sites for hydroxylation is 1. The first-order chi connectivity index (χ1) is 7.65. The maximum atomic E-state index is 11.4. The standard InChI is InChI=1S/C12H16N2O2/c1-9(15)10-4-6-14(8-10)7-5-12(16)13-11-2-3-11/h4,6,8,11H,2-3,5,7H2,1H3,(H,13,16). The van der Waals surface area contributed by atoms with Crippen LogP contribution in [0.2, 0.25) is 0 Å². The summed E-state index contributed by atoms with van der Waals surface area (Å²) in [5.74, 6) is 0.154. The number of aromatic nitrogens is 1. The SMILES string of the molecule is CC(=O)c1ccn(CCC(=O)NC2CC2)c1. The molecule has 1 aromatic rings. The summed E-state index contributed by atoms with van der Waals surface area (Å²) in [6.45, 7) is 2.17. The van der Waals surface area contributed by atoms with E-state index < -0.39 is 0 Å². The van der Waals surface area contributed by atoms with Gasteiger partial charge in [-0.2, -0.15) is 0 Å². The Labute approximate surface area is 94.6 Å². The van der Waals surface area contributed by atoms with Crippen molar-refractivity contribution in [1.82, 2.24) is 9.88 Å². The van der Waals surface area contributed by atoms with Gasteiger partial charge in [0.2, 0.25) is 5.91 Å². The lowest BCUT2D eigenvalue weighted by Crippen LogP contribution is -2.26. The number of carbonyl (C=O) groups is 2. The van der Waals surface area contributed by atoms with Crippen molar-refractivity contribution in [1.29, 1.82) is 0 Å². The molecule has 0 unspecified atom stereocenters. The summed E-state index contributed by atoms with van der Waals surface area (Å²) in [6.07, 6.45) is 6.32. The molecule has 4 nitrogen and oxygen atoms in total. The van der Waals surface area contributed by atoms with E-state index in [1.807, 2.05) is 10.8 Å². The molecule has 0 aliphatic heterocycles. The number of nitrogens with one attached hydrogen (secondary N) is 1. The van der Waals surface area contributed by atoms with Crippen molar-refractivity contribution in [3.8, 4) is 0 Å². The second-order valence-electron chi connectivity index (χ2n) is 4.29. The minimum atomic E-state index is 0.0566. The molecule has 2 rings (SSSR count). The Morgan fingerprint density at radius 1 is 1.50 bits per heavy atom. The van der Waals surface area contributed by atoms with Gasteiger partial charge in [-0.3, -0.25) is 9.59 Å². The van der Waals surface area contributed by atoms with Gasteiger partial charge in [0, 0.05) is 37.0 Å². The Hall–Kier alpha value is -1.58. The van der Waals surface area contributed by atoms with Gasteiger partial charge in [-0.15, -0.1) is 0 Å². The number of ketones is 1. The molecule has 0 spiro atoms. The molecule has 1 N–H and O–H groups in total. The van der Waals surface area contributed by atoms with E-state index in [4.69, 9.17) is 0 Å². The quantitative estimate of drug-likeness (QED) is 0.762. The Morgan fingerprint density at radius 3 is 2.81 bits per heavy atom. The van der Waals surface area contributed by atoms with E-state index in [1.165, 1.54) is 0 Å². The van der Waals surface area contributed by atoms with Gasteiger partial charge in [0.1, 0.15) is 0 Å². The van der Waals surface area contributed by atoms with Gasteiger partial charge in [0.25, 0.3) is 0 Å². The molecule has 86 valence electrons. The highest BCUT2D eigenvalue weighted by molar-refractivity contribution is 5.93. The highest BCUT2D eigenvalue weighted by Gasteiger charge is 2.22. The smallest absolute Gasteiger partial charge is 0.222 e. The second-order valence-corrected chi connectivity index (χ2v) is 4.29. The van der Waals surface area contributed by atoms with Crippen molar-refractivity contribution in [3.63, 3.8) is 0 Å². The number of hydrogen-bond acceptors (Lipinski definition) is 2. The fourth-order valence-electron chi connectivity index (χ4n) is 1.55. The third-order valence-corrected chi connectivity index (χ3v) is 2.70. The van der Waals surface area contributed by atoms with Gasteiger partial charge in [0.05, 0.1) is 0 Å². The second kappa shape index (κ2) is 4.51. The Morgan fingerprint density at radius 2 is 2.25 bits per heavy atom. The molecule has 1 aromatic heterocycles. The monoisotopic (exact) mass is 220 g/mol. The summed E-state index contributed by atoms with van der Waals surface area (Å²) >= 11 is 0. The highest BCUT2D eigenvalue weighted by Crippen LogP contribution is 2.18. The van der Waals surface area contributed by atoms with Gasteiger partial charge >= 0.3 is 0 Å². The van der Waals surface area contributed by atoms with Crippen LogP contribution < -0.4 is 5.32 Å². The van der Waals surface area contributed by atoms with E-state index in [0.29, 0.717) is 24.6 Å². The maximum absolute atomic E-state index is 11.4. The van der Waals surface area contributed by atoms with Crippen LogP contribution in [0.4, 0.5) is 0 Å². The molecular weight excluding hydrogens is 204 g/mol. The largest absolute Gasteiger partial charge is 0.353 e. The lowest BCUT2D eigenvalue weighted by atomic mass is 10.2. The summed E-state index contributed by atoms with van der Waals surface area (Å²) < 4.78 is 1.88. The minimum absolute atomic E-state index is 0.0566. The Balaban J connectivity index is 1.79. The maximum Gasteiger partial charge on any atom is 0.222 e. The average molecular weight is 220 g/mol. The van der Waals surface area contributed by atoms with Crippen molar-refractivity contribution < 1.29 is 9.59 Å². The molecule has 0 aromatic carbocycles. The molecule has 16 heavy (non-hydrogen) atoms. The van der Waals surface area contributed by atoms with Crippen molar-refractivity contribution >= 4 is 11.7 Å². The Kier molecular flexibility index (Phi) is 3.08. The summed E-state index contributed by atoms with van der Waals surface area (Å²) in [4.78, 5) is 22.5. The van der Waals surface area contributed by atoms with Crippen LogP contribution >= 0.6 is 0 Å². The molecule has 0 atom stereocenters. The molecule has 4 heteroatoms. The summed E-state index contributed by atoms with van der Waals surface area (Å²) in [5, 5.41) is 2.93. The predicted molar refractivity (Wildman–Crippen MR) is 60.2 cm³/mol. The van der Waals surface area contributed by atoms with Crippen LogP contribution in [0.1, 0.15) is 36.5 Å². The number of Topliss-reactive ketones (excluding diaryl/α,β-unsaturated/α-hetero) is 1. The zero-order valence-electron chi connectivity index (χ0n) is 9.40. The van der Waals surface area contributed by atoms with Gasteiger partial charge in [-0.25, -0.2) is 0 Å². The van der Waals surface area contributed by atoms with Crippen LogP contribution in [0.15, 0.2) is 18.5 Å². The number of carbonyl (C=O) groups excluding carboxylic acids is 2. The van der Waals surface area contributed by atoms with E-state index in [0.717, 1.165) is 12.8 Å². The van der Waals surface area contributed by atoms with E-state index in [2.05, 4.69) is 5.32 Å². The number of hydrogen-bond donors (Lipinski definition) is 1. The normalized spacial score (nSPS) is 14.8. The van der Waals surface area contributed by atoms with Crippen molar-refractivity contribution in [2.24, 2.45) is 0 Å². The van der Waals surface area contributed by atoms with Crippen LogP contribution in [0.5, 0.6) is 0 Å². The first-order valence-electron chi connectivity index (χ1n) is 5.61. The summed E-state index contributed by atoms with van der Waals surface area (Å²) in [7, 11) is 0. The van der Waals surface area contributed by atoms with Crippen LogP contribution in [0.3, 0.4) is 0 Å². The zero-order chi connectivity index (χ0) is 11.5. The Bertz CT molecular complexity index is 405. The van der Waals surface area contributed by atoms with Crippen LogP contribution in [-0.4, -0.2) is 22.3 Å². The molecular formula is C12H16N2O2. The van der Waals surface area contributed by atoms with Crippen LogP contribution in [-0.2, 0) is 11.3 Å². The zero-order valence-corrected chi connectivity index (χ0v) is 9.40. The molecule has 0 bridgehead atoms. The molecule has 1 heterocycles. The summed E-state index contributed by atoms with van der Waals surface area (Å²) in [6, 6.07) is 2.20. The van der Waals surface area contributed by atoms with Gasteiger partial charge < -0.3 is 9.88 Å². The molecule has 0 radical (unpaired) electrons. The van der Waals surface area contributed by atoms with Crippen molar-refractivity contribution in [2.75, 3.05) is 0 Å². The van der Waals surface area contributed by atoms with Crippen LogP contribution in [0, 0.1) is 0 Å². The van der Waals surface area contributed by atoms with Crippen LogP contribution in [0.25, 0.3) is 0 Å². The lowest BCUT2D eigenvalue weighted by molar-refractivity contribution is -0.121. The fraction of sp³-hybridized carbons (Fsp3) is 0.500. The predicted octanol–water partition coefficient (Wildman–Crippen LogP) is 1.36. The first kappa shape index (κ1) is 10.9. The molecule has 1 aliphatic rings. The highest BCUT2D eigenvalue weighted by atomic mass is 16.1. The number of amides is 1. The van der Waals surface area contributed by atoms with Gasteiger partial charge in [0.15, 0.2) is 5.78 Å². The van der Waals surface area contributed by atoms with Gasteiger partial charge in [-0.05, 0) is 25.8 Å². The minimum Gasteiger partial charge on any atom is -0.353 e. The average Bonchev–Trinajstić information content (AvgIpc) is 2.91. The number of rotatable bonds is 5. The third kappa shape index (κ3) is 2.95. The van der Waals surface area contributed by atoms with Crippen molar-refractivity contribution in [2.45, 2.75) is 38.8 Å². The van der Waals surface area contributed by atoms with Crippen molar-refractivity contribution in [3.05, 3.63) is 24.0 Å². The lowest BCUT2D eigenvalue weighted by Gasteiger charge is -2.03. The first-order valence-corrected chi connectivity index (χ1v) is 5.61. The summed E-state index contributed by atoms with van der Waals surface area (Å²) in [5.41, 5.74) is 0.697. The third-order valence-electron chi connectivity index (χ3n) is 2.70. The van der Waals surface area contributed by atoms with E-state index >= 15 is 0 Å². The molecule has 1 amide bonds. The number of nitrogens with zero attached hydrogens (tertiary/aromatic N) is 1. The van der Waals surface area contributed by atoms with E-state index in [9.17, 15) is 9.59 Å². The topological polar surface area (TPSA) is 51.1 Å². The fourth-order valence-corrected chi connectivity index (χ4v) is 1.55. The van der Waals surface area contributed by atoms with E-state index in [-0.39, 0.29) is 11.7 Å².